The van der Waals surface area contributed by atoms with E-state index in [9.17, 15) is 4.79 Å². The van der Waals surface area contributed by atoms with Crippen LogP contribution in [0.2, 0.25) is 0 Å². The molecule has 2 unspecified atom stereocenters. The van der Waals surface area contributed by atoms with E-state index in [4.69, 9.17) is 5.73 Å². The number of nitrogens with zero attached hydrogens (tertiary/aromatic N) is 1. The molecule has 5 heteroatoms. The number of carbonyl (C=O) groups excluding carboxylic acids is 1. The van der Waals surface area contributed by atoms with Crippen molar-refractivity contribution in [3.8, 4) is 0 Å². The van der Waals surface area contributed by atoms with Crippen LogP contribution >= 0.6 is 11.3 Å². The van der Waals surface area contributed by atoms with Gasteiger partial charge in [0.15, 0.2) is 0 Å². The van der Waals surface area contributed by atoms with Crippen LogP contribution < -0.4 is 11.1 Å². The monoisotopic (exact) mass is 253 g/mol. The molecular weight excluding hydrogens is 234 g/mol. The Hall–Kier alpha value is -0.940. The van der Waals surface area contributed by atoms with Crippen LogP contribution in [0.3, 0.4) is 0 Å². The fourth-order valence-corrected chi connectivity index (χ4v) is 2.94. The van der Waals surface area contributed by atoms with E-state index in [-0.39, 0.29) is 5.91 Å². The van der Waals surface area contributed by atoms with Gasteiger partial charge in [0.25, 0.3) is 5.91 Å². The number of amides is 1. The van der Waals surface area contributed by atoms with Crippen LogP contribution in [0.5, 0.6) is 0 Å². The van der Waals surface area contributed by atoms with Crippen LogP contribution in [0, 0.1) is 5.92 Å². The number of nitrogens with two attached hydrogens (primary N) is 1. The third kappa shape index (κ3) is 3.04. The second kappa shape index (κ2) is 5.60. The zero-order valence-corrected chi connectivity index (χ0v) is 10.9. The van der Waals surface area contributed by atoms with Gasteiger partial charge in [0, 0.05) is 18.0 Å². The molecule has 0 bridgehead atoms. The van der Waals surface area contributed by atoms with E-state index >= 15 is 0 Å². The molecule has 1 amide bonds. The standard InChI is InChI=1S/C12H19N3OS/c1-8-4-2-3-5-9(8)15-12(16)10-7-17-11(6-13)14-10/h7-9H,2-6,13H2,1H3,(H,15,16). The zero-order valence-electron chi connectivity index (χ0n) is 10.1. The van der Waals surface area contributed by atoms with E-state index in [0.717, 1.165) is 11.4 Å². The predicted molar refractivity (Wildman–Crippen MR) is 68.9 cm³/mol. The van der Waals surface area contributed by atoms with Crippen LogP contribution in [0.1, 0.15) is 48.1 Å². The number of hydrogen-bond acceptors (Lipinski definition) is 4. The first-order valence-electron chi connectivity index (χ1n) is 6.16. The van der Waals surface area contributed by atoms with Crippen LogP contribution in [-0.4, -0.2) is 16.9 Å². The second-order valence-electron chi connectivity index (χ2n) is 4.67. The van der Waals surface area contributed by atoms with Crippen molar-refractivity contribution in [2.75, 3.05) is 0 Å². The minimum atomic E-state index is -0.0558. The van der Waals surface area contributed by atoms with E-state index < -0.39 is 0 Å². The maximum atomic E-state index is 12.0. The minimum absolute atomic E-state index is 0.0558. The molecule has 1 heterocycles. The normalized spacial score (nSPS) is 24.6. The molecule has 0 saturated heterocycles. The molecule has 1 aromatic heterocycles. The summed E-state index contributed by atoms with van der Waals surface area (Å²) in [6, 6.07) is 0.305. The Labute approximate surface area is 106 Å². The molecule has 1 aliphatic carbocycles. The number of nitrogens with one attached hydrogen (secondary N) is 1. The van der Waals surface area contributed by atoms with E-state index in [1.165, 1.54) is 30.6 Å². The SMILES string of the molecule is CC1CCCCC1NC(=O)c1csc(CN)n1. The largest absolute Gasteiger partial charge is 0.348 e. The molecule has 0 spiro atoms. The Bertz CT molecular complexity index is 391. The highest BCUT2D eigenvalue weighted by atomic mass is 32.1. The van der Waals surface area contributed by atoms with Crippen molar-refractivity contribution in [2.24, 2.45) is 11.7 Å². The van der Waals surface area contributed by atoms with Crippen LogP contribution in [0.4, 0.5) is 0 Å². The summed E-state index contributed by atoms with van der Waals surface area (Å²) >= 11 is 1.44. The van der Waals surface area contributed by atoms with Crippen molar-refractivity contribution in [2.45, 2.75) is 45.2 Å². The molecule has 1 saturated carbocycles. The molecular formula is C12H19N3OS. The van der Waals surface area contributed by atoms with Crippen molar-refractivity contribution in [3.05, 3.63) is 16.1 Å². The van der Waals surface area contributed by atoms with Crippen molar-refractivity contribution >= 4 is 17.2 Å². The molecule has 17 heavy (non-hydrogen) atoms. The van der Waals surface area contributed by atoms with Crippen molar-refractivity contribution in [1.82, 2.24) is 10.3 Å². The Balaban J connectivity index is 1.96. The van der Waals surface area contributed by atoms with Gasteiger partial charge >= 0.3 is 0 Å². The summed E-state index contributed by atoms with van der Waals surface area (Å²) in [6.45, 7) is 2.61. The molecule has 3 N–H and O–H groups in total. The Morgan fingerprint density at radius 1 is 1.59 bits per heavy atom. The molecule has 2 atom stereocenters. The fourth-order valence-electron chi connectivity index (χ4n) is 2.28. The van der Waals surface area contributed by atoms with Crippen molar-refractivity contribution in [1.29, 1.82) is 0 Å². The summed E-state index contributed by atoms with van der Waals surface area (Å²) in [4.78, 5) is 16.2. The van der Waals surface area contributed by atoms with Gasteiger partial charge < -0.3 is 11.1 Å². The van der Waals surface area contributed by atoms with Gasteiger partial charge in [0.05, 0.1) is 0 Å². The lowest BCUT2D eigenvalue weighted by atomic mass is 9.86. The molecule has 1 aromatic rings. The summed E-state index contributed by atoms with van der Waals surface area (Å²) in [7, 11) is 0. The first kappa shape index (κ1) is 12.5. The van der Waals surface area contributed by atoms with Gasteiger partial charge in [-0.3, -0.25) is 4.79 Å². The maximum absolute atomic E-state index is 12.0. The first-order chi connectivity index (χ1) is 8.20. The summed E-state index contributed by atoms with van der Waals surface area (Å²) in [5.74, 6) is 0.514. The van der Waals surface area contributed by atoms with Crippen LogP contribution in [0.25, 0.3) is 0 Å². The fraction of sp³-hybridized carbons (Fsp3) is 0.667. The summed E-state index contributed by atoms with van der Waals surface area (Å²) in [6.07, 6.45) is 4.78. The van der Waals surface area contributed by atoms with Gasteiger partial charge in [0.1, 0.15) is 10.7 Å². The summed E-state index contributed by atoms with van der Waals surface area (Å²) in [5, 5.41) is 5.68. The van der Waals surface area contributed by atoms with E-state index in [0.29, 0.717) is 24.2 Å². The third-order valence-corrected chi connectivity index (χ3v) is 4.26. The number of hydrogen-bond donors (Lipinski definition) is 2. The predicted octanol–water partition coefficient (Wildman–Crippen LogP) is 1.91. The molecule has 4 nitrogen and oxygen atoms in total. The van der Waals surface area contributed by atoms with Crippen molar-refractivity contribution < 1.29 is 4.79 Å². The number of aromatic nitrogens is 1. The average Bonchev–Trinajstić information content (AvgIpc) is 2.81. The Kier molecular flexibility index (Phi) is 4.12. The quantitative estimate of drug-likeness (QED) is 0.864. The van der Waals surface area contributed by atoms with Crippen molar-refractivity contribution in [3.63, 3.8) is 0 Å². The topological polar surface area (TPSA) is 68.0 Å². The molecule has 1 fully saturated rings. The number of thiazole rings is 1. The lowest BCUT2D eigenvalue weighted by Crippen LogP contribution is -2.41. The van der Waals surface area contributed by atoms with E-state index in [1.54, 1.807) is 5.38 Å². The highest BCUT2D eigenvalue weighted by Crippen LogP contribution is 2.24. The third-order valence-electron chi connectivity index (χ3n) is 3.39. The molecule has 0 aromatic carbocycles. The Morgan fingerprint density at radius 3 is 3.00 bits per heavy atom. The van der Waals surface area contributed by atoms with E-state index in [2.05, 4.69) is 17.2 Å². The first-order valence-corrected chi connectivity index (χ1v) is 7.04. The summed E-state index contributed by atoms with van der Waals surface area (Å²) < 4.78 is 0. The van der Waals surface area contributed by atoms with Crippen LogP contribution in [0.15, 0.2) is 5.38 Å². The van der Waals surface area contributed by atoms with Gasteiger partial charge in [-0.15, -0.1) is 11.3 Å². The van der Waals surface area contributed by atoms with Gasteiger partial charge in [-0.05, 0) is 18.8 Å². The number of rotatable bonds is 3. The average molecular weight is 253 g/mol. The van der Waals surface area contributed by atoms with Gasteiger partial charge in [-0.1, -0.05) is 19.8 Å². The molecule has 0 radical (unpaired) electrons. The molecule has 94 valence electrons. The highest BCUT2D eigenvalue weighted by molar-refractivity contribution is 7.09. The highest BCUT2D eigenvalue weighted by Gasteiger charge is 2.23. The maximum Gasteiger partial charge on any atom is 0.270 e. The van der Waals surface area contributed by atoms with Gasteiger partial charge in [0.2, 0.25) is 0 Å². The summed E-state index contributed by atoms with van der Waals surface area (Å²) in [5.41, 5.74) is 5.99. The zero-order chi connectivity index (χ0) is 12.3. The van der Waals surface area contributed by atoms with Gasteiger partial charge in [-0.25, -0.2) is 4.98 Å². The van der Waals surface area contributed by atoms with Crippen LogP contribution in [-0.2, 0) is 6.54 Å². The number of carbonyl (C=O) groups is 1. The molecule has 2 rings (SSSR count). The lowest BCUT2D eigenvalue weighted by Gasteiger charge is -2.29. The van der Waals surface area contributed by atoms with Gasteiger partial charge in [-0.2, -0.15) is 0 Å². The Morgan fingerprint density at radius 2 is 2.35 bits per heavy atom. The second-order valence-corrected chi connectivity index (χ2v) is 5.61. The van der Waals surface area contributed by atoms with E-state index in [1.807, 2.05) is 0 Å². The lowest BCUT2D eigenvalue weighted by molar-refractivity contribution is 0.0905. The minimum Gasteiger partial charge on any atom is -0.348 e. The molecule has 0 aliphatic heterocycles. The smallest absolute Gasteiger partial charge is 0.270 e. The molecule has 1 aliphatic rings.